The number of aliphatic hydroxyl groups excluding tert-OH is 3. The van der Waals surface area contributed by atoms with E-state index in [-0.39, 0.29) is 17.1 Å². The van der Waals surface area contributed by atoms with Crippen molar-refractivity contribution in [1.82, 2.24) is 19.9 Å². The van der Waals surface area contributed by atoms with E-state index in [4.69, 9.17) is 10.5 Å². The van der Waals surface area contributed by atoms with Gasteiger partial charge in [0.1, 0.15) is 30.2 Å². The molecule has 15 heteroatoms. The number of aromatic hydroxyl groups is 1. The summed E-state index contributed by atoms with van der Waals surface area (Å²) in [4.78, 5) is 53.5. The van der Waals surface area contributed by atoms with E-state index in [2.05, 4.69) is 15.3 Å². The molecule has 190 valence electrons. The number of carbonyl (C=O) groups excluding carboxylic acids is 2. The number of nitrogens with one attached hydrogen (secondary N) is 2. The number of carboxylic acids is 1. The van der Waals surface area contributed by atoms with Crippen LogP contribution in [0.1, 0.15) is 35.4 Å². The van der Waals surface area contributed by atoms with Crippen molar-refractivity contribution in [2.75, 3.05) is 0 Å². The number of carboxylic acid groups (broad SMARTS) is 1. The average Bonchev–Trinajstić information content (AvgIpc) is 3.34. The van der Waals surface area contributed by atoms with Crippen LogP contribution in [0.5, 0.6) is 5.75 Å². The maximum atomic E-state index is 12.7. The molecule has 0 aromatic carbocycles. The second-order valence-corrected chi connectivity index (χ2v) is 8.11. The van der Waals surface area contributed by atoms with Crippen LogP contribution in [0.15, 0.2) is 29.3 Å². The minimum atomic E-state index is -1.90. The molecule has 1 saturated heterocycles. The molecule has 3 rings (SSSR count). The predicted molar refractivity (Wildman–Crippen MR) is 114 cm³/mol. The van der Waals surface area contributed by atoms with Gasteiger partial charge in [0.15, 0.2) is 18.6 Å². The van der Waals surface area contributed by atoms with Gasteiger partial charge in [-0.3, -0.25) is 19.1 Å². The van der Waals surface area contributed by atoms with E-state index >= 15 is 0 Å². The summed E-state index contributed by atoms with van der Waals surface area (Å²) >= 11 is 0. The molecule has 2 aromatic heterocycles. The summed E-state index contributed by atoms with van der Waals surface area (Å²) in [5.74, 6) is -3.75. The molecule has 0 bridgehead atoms. The Morgan fingerprint density at radius 3 is 2.54 bits per heavy atom. The maximum absolute atomic E-state index is 12.7. The number of aldehydes is 1. The number of nitrogens with zero attached hydrogens (tertiary/aromatic N) is 2. The van der Waals surface area contributed by atoms with E-state index < -0.39 is 66.2 Å². The number of H-pyrrole nitrogens is 1. The van der Waals surface area contributed by atoms with Crippen LogP contribution in [0.2, 0.25) is 0 Å². The standard InChI is InChI=1S/C20H25N5O10/c1-7(13(28)10-3-2-9(27)4-22-10)11(21)17(31)24-12(19(32)33)16-14(29)15(30)18(35-16)25-5-8(6-26)23-20(25)34/h2-7,11-16,18,27-30H,21H2,1H3,(H,23,34)(H,24,31)(H,32,33). The highest BCUT2D eigenvalue weighted by atomic mass is 16.6. The van der Waals surface area contributed by atoms with Crippen molar-refractivity contribution >= 4 is 18.2 Å². The van der Waals surface area contributed by atoms with Gasteiger partial charge in [-0.25, -0.2) is 9.59 Å². The fraction of sp³-hybridized carbons (Fsp3) is 0.450. The van der Waals surface area contributed by atoms with Gasteiger partial charge in [0.05, 0.1) is 23.6 Å². The molecule has 9 N–H and O–H groups in total. The van der Waals surface area contributed by atoms with Crippen molar-refractivity contribution in [3.05, 3.63) is 46.4 Å². The van der Waals surface area contributed by atoms with Crippen LogP contribution in [0.25, 0.3) is 0 Å². The highest BCUT2D eigenvalue weighted by Gasteiger charge is 2.50. The van der Waals surface area contributed by atoms with E-state index in [9.17, 15) is 44.7 Å². The number of imidazole rings is 1. The number of hydrogen-bond acceptors (Lipinski definition) is 11. The molecule has 0 radical (unpaired) electrons. The van der Waals surface area contributed by atoms with Gasteiger partial charge in [-0.05, 0) is 12.1 Å². The minimum Gasteiger partial charge on any atom is -0.506 e. The molecule has 1 amide bonds. The topological polar surface area (TPSA) is 250 Å². The molecule has 2 aromatic rings. The summed E-state index contributed by atoms with van der Waals surface area (Å²) in [5, 5.41) is 52.3. The first kappa shape index (κ1) is 26.0. The van der Waals surface area contributed by atoms with Crippen molar-refractivity contribution in [1.29, 1.82) is 0 Å². The van der Waals surface area contributed by atoms with Crippen LogP contribution in [0, 0.1) is 5.92 Å². The third-order valence-corrected chi connectivity index (χ3v) is 5.77. The first-order chi connectivity index (χ1) is 16.5. The van der Waals surface area contributed by atoms with Crippen LogP contribution in [0.4, 0.5) is 0 Å². The number of hydrogen-bond donors (Lipinski definition) is 8. The summed E-state index contributed by atoms with van der Waals surface area (Å²) in [6.45, 7) is 1.42. The molecule has 35 heavy (non-hydrogen) atoms. The molecule has 15 nitrogen and oxygen atoms in total. The van der Waals surface area contributed by atoms with Crippen molar-refractivity contribution in [3.63, 3.8) is 0 Å². The number of aromatic amines is 1. The van der Waals surface area contributed by atoms with E-state index in [1.165, 1.54) is 19.1 Å². The monoisotopic (exact) mass is 495 g/mol. The fourth-order valence-corrected chi connectivity index (χ4v) is 3.68. The van der Waals surface area contributed by atoms with E-state index in [1.807, 2.05) is 0 Å². The Balaban J connectivity index is 1.75. The molecule has 1 fully saturated rings. The molecular weight excluding hydrogens is 470 g/mol. The number of pyridine rings is 1. The molecule has 0 aliphatic carbocycles. The SMILES string of the molecule is CC(C(N)C(=O)NC(C(=O)O)C1OC(n2cc(C=O)[nH]c2=O)C(O)C1O)C(O)c1ccc(O)cn1. The number of nitrogens with two attached hydrogens (primary N) is 1. The van der Waals surface area contributed by atoms with Crippen molar-refractivity contribution in [2.24, 2.45) is 11.7 Å². The Kier molecular flexibility index (Phi) is 7.67. The van der Waals surface area contributed by atoms with Crippen LogP contribution < -0.4 is 16.7 Å². The lowest BCUT2D eigenvalue weighted by molar-refractivity contribution is -0.149. The second kappa shape index (κ2) is 10.3. The van der Waals surface area contributed by atoms with E-state index in [1.54, 1.807) is 0 Å². The lowest BCUT2D eigenvalue weighted by Gasteiger charge is -2.28. The van der Waals surface area contributed by atoms with Crippen LogP contribution in [-0.4, -0.2) is 88.6 Å². The lowest BCUT2D eigenvalue weighted by Crippen LogP contribution is -2.57. The third kappa shape index (κ3) is 5.23. The third-order valence-electron chi connectivity index (χ3n) is 5.77. The van der Waals surface area contributed by atoms with E-state index in [0.29, 0.717) is 6.29 Å². The summed E-state index contributed by atoms with van der Waals surface area (Å²) in [6.07, 6.45) is -5.78. The minimum absolute atomic E-state index is 0.112. The summed E-state index contributed by atoms with van der Waals surface area (Å²) in [6, 6.07) is -0.743. The van der Waals surface area contributed by atoms with Gasteiger partial charge in [0, 0.05) is 12.1 Å². The molecule has 0 spiro atoms. The van der Waals surface area contributed by atoms with Gasteiger partial charge < -0.3 is 46.3 Å². The molecule has 1 aliphatic rings. The van der Waals surface area contributed by atoms with E-state index in [0.717, 1.165) is 17.0 Å². The number of aliphatic carboxylic acids is 1. The molecule has 8 unspecified atom stereocenters. The summed E-state index contributed by atoms with van der Waals surface area (Å²) in [5.41, 5.74) is 5.03. The summed E-state index contributed by atoms with van der Waals surface area (Å²) in [7, 11) is 0. The quantitative estimate of drug-likeness (QED) is 0.162. The number of aromatic nitrogens is 3. The number of ether oxygens (including phenoxy) is 1. The van der Waals surface area contributed by atoms with Gasteiger partial charge >= 0.3 is 11.7 Å². The van der Waals surface area contributed by atoms with Crippen molar-refractivity contribution < 1.29 is 44.7 Å². The Labute approximate surface area is 196 Å². The Morgan fingerprint density at radius 1 is 1.31 bits per heavy atom. The fourth-order valence-electron chi connectivity index (χ4n) is 3.68. The molecule has 8 atom stereocenters. The molecule has 3 heterocycles. The highest BCUT2D eigenvalue weighted by molar-refractivity contribution is 5.87. The Morgan fingerprint density at radius 2 is 2.00 bits per heavy atom. The predicted octanol–water partition coefficient (Wildman–Crippen LogP) is -3.02. The highest BCUT2D eigenvalue weighted by Crippen LogP contribution is 2.31. The van der Waals surface area contributed by atoms with Gasteiger partial charge in [-0.15, -0.1) is 0 Å². The van der Waals surface area contributed by atoms with Gasteiger partial charge in [-0.1, -0.05) is 6.92 Å². The first-order valence-corrected chi connectivity index (χ1v) is 10.4. The number of aliphatic hydroxyl groups is 3. The number of amides is 1. The zero-order valence-electron chi connectivity index (χ0n) is 18.3. The lowest BCUT2D eigenvalue weighted by atomic mass is 9.92. The smallest absolute Gasteiger partial charge is 0.329 e. The Bertz CT molecular complexity index is 1130. The zero-order valence-corrected chi connectivity index (χ0v) is 18.3. The molecular formula is C20H25N5O10. The summed E-state index contributed by atoms with van der Waals surface area (Å²) < 4.78 is 6.18. The number of rotatable bonds is 9. The van der Waals surface area contributed by atoms with Crippen LogP contribution in [-0.2, 0) is 14.3 Å². The average molecular weight is 495 g/mol. The normalized spacial score (nSPS) is 25.4. The van der Waals surface area contributed by atoms with Crippen LogP contribution >= 0.6 is 0 Å². The van der Waals surface area contributed by atoms with Gasteiger partial charge in [0.2, 0.25) is 5.91 Å². The molecule has 1 aliphatic heterocycles. The largest absolute Gasteiger partial charge is 0.506 e. The van der Waals surface area contributed by atoms with Crippen LogP contribution in [0.3, 0.4) is 0 Å². The molecule has 0 saturated carbocycles. The van der Waals surface area contributed by atoms with Gasteiger partial charge in [0.25, 0.3) is 0 Å². The first-order valence-electron chi connectivity index (χ1n) is 10.4. The number of carbonyl (C=O) groups is 3. The Hall–Kier alpha value is -3.63. The van der Waals surface area contributed by atoms with Crippen molar-refractivity contribution in [2.45, 2.75) is 49.7 Å². The van der Waals surface area contributed by atoms with Crippen molar-refractivity contribution in [3.8, 4) is 5.75 Å². The maximum Gasteiger partial charge on any atom is 0.329 e. The second-order valence-electron chi connectivity index (χ2n) is 8.11. The van der Waals surface area contributed by atoms with Gasteiger partial charge in [-0.2, -0.15) is 0 Å². The zero-order chi connectivity index (χ0) is 26.0.